The van der Waals surface area contributed by atoms with Gasteiger partial charge in [0.1, 0.15) is 0 Å². The van der Waals surface area contributed by atoms with E-state index in [1.54, 1.807) is 0 Å². The van der Waals surface area contributed by atoms with Gasteiger partial charge in [-0.3, -0.25) is 9.88 Å². The van der Waals surface area contributed by atoms with Crippen molar-refractivity contribution < 1.29 is 0 Å². The Bertz CT molecular complexity index is 496. The minimum atomic E-state index is 0.0770. The molecule has 0 radical (unpaired) electrons. The first kappa shape index (κ1) is 15.2. The maximum Gasteiger partial charge on any atom is 0.0497 e. The summed E-state index contributed by atoms with van der Waals surface area (Å²) in [5.41, 5.74) is 7.45. The fourth-order valence-corrected chi connectivity index (χ4v) is 3.43. The Morgan fingerprint density at radius 2 is 1.95 bits per heavy atom. The fourth-order valence-electron chi connectivity index (χ4n) is 2.61. The van der Waals surface area contributed by atoms with E-state index in [2.05, 4.69) is 60.4 Å². The summed E-state index contributed by atoms with van der Waals surface area (Å²) in [6, 6.07) is 9.16. The lowest BCUT2D eigenvalue weighted by atomic mass is 9.98. The highest BCUT2D eigenvalue weighted by Gasteiger charge is 2.25. The smallest absolute Gasteiger partial charge is 0.0497 e. The van der Waals surface area contributed by atoms with Gasteiger partial charge in [-0.25, -0.2) is 0 Å². The Kier molecular flexibility index (Phi) is 5.29. The van der Waals surface area contributed by atoms with Gasteiger partial charge < -0.3 is 5.73 Å². The van der Waals surface area contributed by atoms with E-state index >= 15 is 0 Å². The topological polar surface area (TPSA) is 42.1 Å². The predicted octanol–water partition coefficient (Wildman–Crippen LogP) is 3.09. The molecule has 2 heterocycles. The molecule has 0 aromatic carbocycles. The van der Waals surface area contributed by atoms with Gasteiger partial charge in [0, 0.05) is 35.4 Å². The van der Waals surface area contributed by atoms with Crippen molar-refractivity contribution >= 4 is 11.3 Å². The van der Waals surface area contributed by atoms with E-state index in [1.165, 1.54) is 10.4 Å². The van der Waals surface area contributed by atoms with Crippen LogP contribution in [0.5, 0.6) is 0 Å². The summed E-state index contributed by atoms with van der Waals surface area (Å²) in [6.45, 7) is 4.33. The van der Waals surface area contributed by atoms with E-state index in [0.717, 1.165) is 6.42 Å². The molecule has 4 heteroatoms. The van der Waals surface area contributed by atoms with Gasteiger partial charge in [-0.2, -0.15) is 0 Å². The maximum atomic E-state index is 6.22. The Labute approximate surface area is 125 Å². The van der Waals surface area contributed by atoms with Crippen LogP contribution < -0.4 is 5.73 Å². The third kappa shape index (κ3) is 3.66. The number of pyridine rings is 1. The molecule has 108 valence electrons. The number of hydrogen-bond acceptors (Lipinski definition) is 4. The summed E-state index contributed by atoms with van der Waals surface area (Å²) in [6.07, 6.45) is 4.73. The second-order valence-electron chi connectivity index (χ2n) is 5.38. The molecule has 0 bridgehead atoms. The maximum absolute atomic E-state index is 6.22. The number of nitrogens with zero attached hydrogens (tertiary/aromatic N) is 2. The van der Waals surface area contributed by atoms with Gasteiger partial charge in [0.15, 0.2) is 0 Å². The molecule has 0 aliphatic carbocycles. The average molecular weight is 289 g/mol. The average Bonchev–Trinajstić information content (AvgIpc) is 2.92. The van der Waals surface area contributed by atoms with Crippen LogP contribution in [-0.4, -0.2) is 29.0 Å². The van der Waals surface area contributed by atoms with Crippen LogP contribution in [-0.2, 0) is 6.42 Å². The zero-order chi connectivity index (χ0) is 14.5. The summed E-state index contributed by atoms with van der Waals surface area (Å²) < 4.78 is 0. The van der Waals surface area contributed by atoms with Crippen LogP contribution in [0.25, 0.3) is 0 Å². The first-order chi connectivity index (χ1) is 9.59. The third-order valence-corrected chi connectivity index (χ3v) is 4.66. The quantitative estimate of drug-likeness (QED) is 0.888. The summed E-state index contributed by atoms with van der Waals surface area (Å²) in [5, 5.41) is 2.13. The minimum Gasteiger partial charge on any atom is -0.326 e. The van der Waals surface area contributed by atoms with Crippen LogP contribution in [0.15, 0.2) is 42.0 Å². The van der Waals surface area contributed by atoms with E-state index in [1.807, 2.05) is 23.7 Å². The Balaban J connectivity index is 2.13. The summed E-state index contributed by atoms with van der Waals surface area (Å²) in [4.78, 5) is 7.89. The van der Waals surface area contributed by atoms with Crippen LogP contribution in [0.4, 0.5) is 0 Å². The van der Waals surface area contributed by atoms with E-state index in [-0.39, 0.29) is 12.1 Å². The van der Waals surface area contributed by atoms with Gasteiger partial charge in [0.2, 0.25) is 0 Å². The van der Waals surface area contributed by atoms with E-state index < -0.39 is 0 Å². The van der Waals surface area contributed by atoms with Crippen LogP contribution in [0.1, 0.15) is 30.3 Å². The number of thiophene rings is 1. The molecule has 0 aliphatic rings. The van der Waals surface area contributed by atoms with Crippen molar-refractivity contribution in [3.63, 3.8) is 0 Å². The van der Waals surface area contributed by atoms with Gasteiger partial charge in [-0.05, 0) is 56.5 Å². The first-order valence-corrected chi connectivity index (χ1v) is 7.87. The molecular weight excluding hydrogens is 266 g/mol. The molecule has 0 fully saturated rings. The van der Waals surface area contributed by atoms with Crippen molar-refractivity contribution in [3.05, 3.63) is 52.5 Å². The summed E-state index contributed by atoms with van der Waals surface area (Å²) in [5.74, 6) is 0. The molecule has 0 amide bonds. The lowest BCUT2D eigenvalue weighted by molar-refractivity contribution is 0.164. The van der Waals surface area contributed by atoms with Crippen molar-refractivity contribution in [1.29, 1.82) is 0 Å². The molecule has 3 unspecified atom stereocenters. The Hall–Kier alpha value is -1.23. The van der Waals surface area contributed by atoms with Gasteiger partial charge in [0.25, 0.3) is 0 Å². The zero-order valence-electron chi connectivity index (χ0n) is 12.4. The molecule has 0 spiro atoms. The zero-order valence-corrected chi connectivity index (χ0v) is 13.2. The molecular formula is C16H23N3S. The molecule has 20 heavy (non-hydrogen) atoms. The predicted molar refractivity (Wildman–Crippen MR) is 85.9 cm³/mol. The highest BCUT2D eigenvalue weighted by molar-refractivity contribution is 7.09. The first-order valence-electron chi connectivity index (χ1n) is 6.99. The highest BCUT2D eigenvalue weighted by Crippen LogP contribution is 2.25. The van der Waals surface area contributed by atoms with Crippen LogP contribution in [0.3, 0.4) is 0 Å². The van der Waals surface area contributed by atoms with Crippen LogP contribution in [0, 0.1) is 0 Å². The normalized spacial score (nSPS) is 16.1. The number of likely N-dealkylation sites (N-methyl/N-ethyl adjacent to an activating group) is 1. The summed E-state index contributed by atoms with van der Waals surface area (Å²) >= 11 is 1.82. The lowest BCUT2D eigenvalue weighted by Gasteiger charge is -2.35. The van der Waals surface area contributed by atoms with Crippen LogP contribution in [0.2, 0.25) is 0 Å². The lowest BCUT2D eigenvalue weighted by Crippen LogP contribution is -2.42. The van der Waals surface area contributed by atoms with Crippen molar-refractivity contribution in [1.82, 2.24) is 9.88 Å². The molecule has 3 atom stereocenters. The number of rotatable bonds is 6. The monoisotopic (exact) mass is 289 g/mol. The molecule has 2 aromatic heterocycles. The minimum absolute atomic E-state index is 0.0770. The van der Waals surface area contributed by atoms with Crippen molar-refractivity contribution in [2.24, 2.45) is 5.73 Å². The van der Waals surface area contributed by atoms with Gasteiger partial charge >= 0.3 is 0 Å². The summed E-state index contributed by atoms with van der Waals surface area (Å²) in [7, 11) is 2.16. The van der Waals surface area contributed by atoms with E-state index in [9.17, 15) is 0 Å². The van der Waals surface area contributed by atoms with Crippen molar-refractivity contribution in [2.45, 2.75) is 38.4 Å². The van der Waals surface area contributed by atoms with Gasteiger partial charge in [-0.1, -0.05) is 6.07 Å². The van der Waals surface area contributed by atoms with E-state index in [0.29, 0.717) is 6.04 Å². The molecule has 2 N–H and O–H groups in total. The Morgan fingerprint density at radius 3 is 2.50 bits per heavy atom. The molecule has 3 nitrogen and oxygen atoms in total. The standard InChI is InChI=1S/C16H23N3S/c1-12(11-15-5-4-10-20-15)19(3)16(13(2)17)14-6-8-18-9-7-14/h4-10,12-13,16H,11,17H2,1-3H3. The fraction of sp³-hybridized carbons (Fsp3) is 0.438. The van der Waals surface area contributed by atoms with Crippen molar-refractivity contribution in [3.8, 4) is 0 Å². The molecule has 2 aromatic rings. The molecule has 2 rings (SSSR count). The second kappa shape index (κ2) is 6.97. The second-order valence-corrected chi connectivity index (χ2v) is 6.41. The Morgan fingerprint density at radius 1 is 1.25 bits per heavy atom. The third-order valence-electron chi connectivity index (χ3n) is 3.76. The SMILES string of the molecule is CC(N)C(c1ccncc1)N(C)C(C)Cc1cccs1. The van der Waals surface area contributed by atoms with Gasteiger partial charge in [-0.15, -0.1) is 11.3 Å². The number of hydrogen-bond donors (Lipinski definition) is 1. The van der Waals surface area contributed by atoms with E-state index in [4.69, 9.17) is 5.73 Å². The highest BCUT2D eigenvalue weighted by atomic mass is 32.1. The van der Waals surface area contributed by atoms with Crippen LogP contribution >= 0.6 is 11.3 Å². The van der Waals surface area contributed by atoms with Crippen molar-refractivity contribution in [2.75, 3.05) is 7.05 Å². The number of aromatic nitrogens is 1. The molecule has 0 saturated heterocycles. The molecule has 0 saturated carbocycles. The largest absolute Gasteiger partial charge is 0.326 e. The number of nitrogens with two attached hydrogens (primary N) is 1. The molecule has 0 aliphatic heterocycles. The van der Waals surface area contributed by atoms with Gasteiger partial charge in [0.05, 0.1) is 0 Å².